The molecule has 1 aromatic carbocycles. The fourth-order valence-corrected chi connectivity index (χ4v) is 1.66. The van der Waals surface area contributed by atoms with Gasteiger partial charge in [-0.25, -0.2) is 0 Å². The lowest BCUT2D eigenvalue weighted by molar-refractivity contribution is 0.354. The smallest absolute Gasteiger partial charge is 0.179 e. The van der Waals surface area contributed by atoms with Crippen LogP contribution in [0.25, 0.3) is 0 Å². The van der Waals surface area contributed by atoms with Crippen LogP contribution in [0.3, 0.4) is 0 Å². The molecule has 1 aromatic rings. The van der Waals surface area contributed by atoms with E-state index in [1.54, 1.807) is 20.3 Å². The van der Waals surface area contributed by atoms with Crippen LogP contribution in [0.4, 0.5) is 0 Å². The molecular formula is C10H15Cl2NO2. The van der Waals surface area contributed by atoms with E-state index in [1.807, 2.05) is 13.0 Å². The van der Waals surface area contributed by atoms with Gasteiger partial charge >= 0.3 is 0 Å². The van der Waals surface area contributed by atoms with E-state index in [9.17, 15) is 0 Å². The van der Waals surface area contributed by atoms with Crippen molar-refractivity contribution in [2.75, 3.05) is 14.2 Å². The third kappa shape index (κ3) is 2.91. The molecule has 0 aliphatic rings. The van der Waals surface area contributed by atoms with Gasteiger partial charge in [0.1, 0.15) is 0 Å². The van der Waals surface area contributed by atoms with Gasteiger partial charge in [-0.15, -0.1) is 12.4 Å². The Morgan fingerprint density at radius 2 is 1.87 bits per heavy atom. The number of methoxy groups -OCH3 is 2. The molecule has 0 heterocycles. The van der Waals surface area contributed by atoms with Crippen molar-refractivity contribution in [3.8, 4) is 11.5 Å². The molecule has 0 aliphatic heterocycles. The highest BCUT2D eigenvalue weighted by Crippen LogP contribution is 2.38. The van der Waals surface area contributed by atoms with Crippen LogP contribution in [0.1, 0.15) is 18.5 Å². The molecule has 0 saturated heterocycles. The summed E-state index contributed by atoms with van der Waals surface area (Å²) in [6.45, 7) is 1.87. The summed E-state index contributed by atoms with van der Waals surface area (Å²) in [5.41, 5.74) is 6.60. The zero-order valence-corrected chi connectivity index (χ0v) is 10.5. The van der Waals surface area contributed by atoms with Crippen LogP contribution in [0, 0.1) is 0 Å². The first-order valence-corrected chi connectivity index (χ1v) is 4.65. The maximum atomic E-state index is 6.10. The molecule has 0 aliphatic carbocycles. The van der Waals surface area contributed by atoms with E-state index in [-0.39, 0.29) is 18.4 Å². The summed E-state index contributed by atoms with van der Waals surface area (Å²) in [7, 11) is 3.12. The highest BCUT2D eigenvalue weighted by Gasteiger charge is 2.14. The maximum absolute atomic E-state index is 6.10. The van der Waals surface area contributed by atoms with E-state index in [0.717, 1.165) is 5.56 Å². The van der Waals surface area contributed by atoms with Gasteiger partial charge in [0.2, 0.25) is 0 Å². The topological polar surface area (TPSA) is 44.5 Å². The minimum Gasteiger partial charge on any atom is -0.493 e. The number of benzene rings is 1. The van der Waals surface area contributed by atoms with Gasteiger partial charge in [0.05, 0.1) is 19.2 Å². The summed E-state index contributed by atoms with van der Waals surface area (Å²) in [5.74, 6) is 1.14. The third-order valence-corrected chi connectivity index (χ3v) is 2.40. The van der Waals surface area contributed by atoms with Crippen molar-refractivity contribution in [2.24, 2.45) is 5.73 Å². The van der Waals surface area contributed by atoms with Gasteiger partial charge in [0.15, 0.2) is 11.5 Å². The molecule has 0 radical (unpaired) electrons. The molecule has 0 spiro atoms. The van der Waals surface area contributed by atoms with Crippen LogP contribution in [0.2, 0.25) is 5.02 Å². The molecular weight excluding hydrogens is 237 g/mol. The number of ether oxygens (including phenoxy) is 2. The summed E-state index contributed by atoms with van der Waals surface area (Å²) >= 11 is 6.10. The maximum Gasteiger partial charge on any atom is 0.179 e. The molecule has 0 unspecified atom stereocenters. The molecule has 86 valence electrons. The van der Waals surface area contributed by atoms with Crippen molar-refractivity contribution in [2.45, 2.75) is 13.0 Å². The number of rotatable bonds is 3. The quantitative estimate of drug-likeness (QED) is 0.899. The van der Waals surface area contributed by atoms with Crippen molar-refractivity contribution >= 4 is 24.0 Å². The largest absolute Gasteiger partial charge is 0.493 e. The first-order chi connectivity index (χ1) is 6.61. The standard InChI is InChI=1S/C10H14ClNO2.ClH/c1-6(12)7-4-5-8(13-2)10(14-3)9(7)11;/h4-6H,12H2,1-3H3;1H/t6-;/m1./s1. The monoisotopic (exact) mass is 251 g/mol. The van der Waals surface area contributed by atoms with E-state index in [1.165, 1.54) is 0 Å². The number of halogens is 2. The van der Waals surface area contributed by atoms with Gasteiger partial charge in [0, 0.05) is 6.04 Å². The van der Waals surface area contributed by atoms with Crippen LogP contribution >= 0.6 is 24.0 Å². The molecule has 0 fully saturated rings. The lowest BCUT2D eigenvalue weighted by Gasteiger charge is -2.14. The second-order valence-electron chi connectivity index (χ2n) is 2.99. The highest BCUT2D eigenvalue weighted by molar-refractivity contribution is 6.33. The van der Waals surface area contributed by atoms with Gasteiger partial charge in [-0.3, -0.25) is 0 Å². The van der Waals surface area contributed by atoms with E-state index in [2.05, 4.69) is 0 Å². The Balaban J connectivity index is 0.00000196. The number of hydrogen-bond acceptors (Lipinski definition) is 3. The molecule has 0 saturated carbocycles. The Bertz CT molecular complexity index is 329. The third-order valence-electron chi connectivity index (χ3n) is 2.01. The lowest BCUT2D eigenvalue weighted by atomic mass is 10.1. The van der Waals surface area contributed by atoms with E-state index in [0.29, 0.717) is 16.5 Å². The molecule has 2 N–H and O–H groups in total. The fraction of sp³-hybridized carbons (Fsp3) is 0.400. The van der Waals surface area contributed by atoms with Crippen LogP contribution in [-0.2, 0) is 0 Å². The second-order valence-corrected chi connectivity index (χ2v) is 3.37. The molecule has 0 aromatic heterocycles. The SMILES string of the molecule is COc1ccc([C@@H](C)N)c(Cl)c1OC.Cl. The Hall–Kier alpha value is -0.640. The molecule has 1 rings (SSSR count). The molecule has 0 bridgehead atoms. The van der Waals surface area contributed by atoms with Crippen molar-refractivity contribution in [1.29, 1.82) is 0 Å². The first-order valence-electron chi connectivity index (χ1n) is 4.27. The molecule has 5 heteroatoms. The van der Waals surface area contributed by atoms with Crippen LogP contribution in [0.5, 0.6) is 11.5 Å². The van der Waals surface area contributed by atoms with Crippen LogP contribution < -0.4 is 15.2 Å². The lowest BCUT2D eigenvalue weighted by Crippen LogP contribution is -2.06. The number of nitrogens with two attached hydrogens (primary N) is 1. The Morgan fingerprint density at radius 1 is 1.27 bits per heavy atom. The normalized spacial score (nSPS) is 11.5. The molecule has 15 heavy (non-hydrogen) atoms. The second kappa shape index (κ2) is 6.05. The minimum atomic E-state index is -0.123. The molecule has 3 nitrogen and oxygen atoms in total. The van der Waals surface area contributed by atoms with Crippen molar-refractivity contribution in [1.82, 2.24) is 0 Å². The van der Waals surface area contributed by atoms with E-state index in [4.69, 9.17) is 26.8 Å². The predicted octanol–water partition coefficient (Wildman–Crippen LogP) is 2.80. The molecule has 1 atom stereocenters. The van der Waals surface area contributed by atoms with Crippen molar-refractivity contribution in [3.05, 3.63) is 22.7 Å². The van der Waals surface area contributed by atoms with Gasteiger partial charge in [-0.1, -0.05) is 17.7 Å². The average Bonchev–Trinajstić information content (AvgIpc) is 2.16. The average molecular weight is 252 g/mol. The zero-order chi connectivity index (χ0) is 10.7. The summed E-state index contributed by atoms with van der Waals surface area (Å²) in [6.07, 6.45) is 0. The van der Waals surface area contributed by atoms with E-state index >= 15 is 0 Å². The minimum absolute atomic E-state index is 0. The fourth-order valence-electron chi connectivity index (χ4n) is 1.26. The summed E-state index contributed by atoms with van der Waals surface area (Å²) < 4.78 is 10.2. The zero-order valence-electron chi connectivity index (χ0n) is 8.91. The summed E-state index contributed by atoms with van der Waals surface area (Å²) in [6, 6.07) is 3.51. The summed E-state index contributed by atoms with van der Waals surface area (Å²) in [4.78, 5) is 0. The summed E-state index contributed by atoms with van der Waals surface area (Å²) in [5, 5.41) is 0.516. The molecule has 0 amide bonds. The van der Waals surface area contributed by atoms with E-state index < -0.39 is 0 Å². The first kappa shape index (κ1) is 14.4. The van der Waals surface area contributed by atoms with Crippen molar-refractivity contribution in [3.63, 3.8) is 0 Å². The van der Waals surface area contributed by atoms with Gasteiger partial charge in [-0.05, 0) is 18.6 Å². The van der Waals surface area contributed by atoms with Crippen LogP contribution in [-0.4, -0.2) is 14.2 Å². The van der Waals surface area contributed by atoms with Gasteiger partial charge in [0.25, 0.3) is 0 Å². The van der Waals surface area contributed by atoms with Gasteiger partial charge < -0.3 is 15.2 Å². The Kier molecular flexibility index (Phi) is 5.80. The number of hydrogen-bond donors (Lipinski definition) is 1. The van der Waals surface area contributed by atoms with Crippen LogP contribution in [0.15, 0.2) is 12.1 Å². The van der Waals surface area contributed by atoms with Crippen molar-refractivity contribution < 1.29 is 9.47 Å². The van der Waals surface area contributed by atoms with Gasteiger partial charge in [-0.2, -0.15) is 0 Å². The highest BCUT2D eigenvalue weighted by atomic mass is 35.5. The predicted molar refractivity (Wildman–Crippen MR) is 64.4 cm³/mol. The Morgan fingerprint density at radius 3 is 2.27 bits per heavy atom. The Labute approximate surface area is 101 Å².